The maximum Gasteiger partial charge on any atom is 0.141 e. The summed E-state index contributed by atoms with van der Waals surface area (Å²) in [6.45, 7) is 4.30. The molecule has 2 heterocycles. The molecule has 5 rings (SSSR count). The molecular formula is C26H25ClFN5O. The zero-order valence-corrected chi connectivity index (χ0v) is 19.6. The number of nitrogens with one attached hydrogen (secondary N) is 1. The van der Waals surface area contributed by atoms with E-state index < -0.39 is 0 Å². The monoisotopic (exact) mass is 477 g/mol. The highest BCUT2D eigenvalue weighted by Gasteiger charge is 2.16. The molecule has 0 bridgehead atoms. The van der Waals surface area contributed by atoms with Crippen molar-refractivity contribution < 1.29 is 9.13 Å². The van der Waals surface area contributed by atoms with Crippen molar-refractivity contribution in [3.63, 3.8) is 0 Å². The fourth-order valence-corrected chi connectivity index (χ4v) is 4.26. The van der Waals surface area contributed by atoms with Crippen LogP contribution in [0.2, 0.25) is 5.02 Å². The van der Waals surface area contributed by atoms with Gasteiger partial charge in [-0.3, -0.25) is 0 Å². The fourth-order valence-electron chi connectivity index (χ4n) is 4.03. The van der Waals surface area contributed by atoms with Gasteiger partial charge in [0.15, 0.2) is 0 Å². The number of rotatable bonds is 6. The van der Waals surface area contributed by atoms with Crippen LogP contribution in [-0.4, -0.2) is 48.1 Å². The summed E-state index contributed by atoms with van der Waals surface area (Å²) in [5.74, 6) is 0.950. The standard InChI is InChI=1S/C26H25ClFN5O/c1-32-9-11-33(12-10-32)21-6-7-24-22(15-21)26(30-17-29-24)31-20-5-8-25(23(27)14-20)34-16-18-3-2-4-19(28)13-18/h2-8,13-15,17H,9-12,16H2,1H3,(H,29,30,31). The summed E-state index contributed by atoms with van der Waals surface area (Å²) >= 11 is 6.47. The minimum absolute atomic E-state index is 0.232. The highest BCUT2D eigenvalue weighted by molar-refractivity contribution is 6.32. The lowest BCUT2D eigenvalue weighted by atomic mass is 10.1. The Kier molecular flexibility index (Phi) is 6.47. The molecular weight excluding hydrogens is 453 g/mol. The average molecular weight is 478 g/mol. The second-order valence-corrected chi connectivity index (χ2v) is 8.81. The molecule has 1 saturated heterocycles. The quantitative estimate of drug-likeness (QED) is 0.396. The molecule has 1 N–H and O–H groups in total. The summed E-state index contributed by atoms with van der Waals surface area (Å²) in [6.07, 6.45) is 1.55. The first-order chi connectivity index (χ1) is 16.5. The van der Waals surface area contributed by atoms with Crippen molar-refractivity contribution in [1.29, 1.82) is 0 Å². The van der Waals surface area contributed by atoms with Gasteiger partial charge in [-0.15, -0.1) is 0 Å². The normalized spacial score (nSPS) is 14.4. The predicted octanol–water partition coefficient (Wildman–Crippen LogP) is 5.50. The summed E-state index contributed by atoms with van der Waals surface area (Å²) in [4.78, 5) is 13.6. The zero-order valence-electron chi connectivity index (χ0n) is 18.8. The third kappa shape index (κ3) is 5.05. The van der Waals surface area contributed by atoms with E-state index >= 15 is 0 Å². The minimum Gasteiger partial charge on any atom is -0.487 e. The Bertz CT molecular complexity index is 1310. The first-order valence-electron chi connectivity index (χ1n) is 11.2. The Balaban J connectivity index is 1.34. The lowest BCUT2D eigenvalue weighted by Gasteiger charge is -2.34. The molecule has 0 amide bonds. The molecule has 3 aromatic carbocycles. The number of anilines is 3. The summed E-state index contributed by atoms with van der Waals surface area (Å²) in [6, 6.07) is 18.1. The molecule has 34 heavy (non-hydrogen) atoms. The van der Waals surface area contributed by atoms with Gasteiger partial charge in [-0.25, -0.2) is 14.4 Å². The second kappa shape index (κ2) is 9.83. The van der Waals surface area contributed by atoms with Gasteiger partial charge in [-0.1, -0.05) is 23.7 Å². The van der Waals surface area contributed by atoms with E-state index in [1.165, 1.54) is 12.1 Å². The average Bonchev–Trinajstić information content (AvgIpc) is 2.84. The number of fused-ring (bicyclic) bond motifs is 1. The van der Waals surface area contributed by atoms with Crippen molar-refractivity contribution in [2.24, 2.45) is 0 Å². The SMILES string of the molecule is CN1CCN(c2ccc3ncnc(Nc4ccc(OCc5cccc(F)c5)c(Cl)c4)c3c2)CC1. The summed E-state index contributed by atoms with van der Waals surface area (Å²) in [5, 5.41) is 4.77. The first-order valence-corrected chi connectivity index (χ1v) is 11.5. The van der Waals surface area contributed by atoms with Crippen LogP contribution in [0.25, 0.3) is 10.9 Å². The van der Waals surface area contributed by atoms with E-state index in [1.807, 2.05) is 18.2 Å². The van der Waals surface area contributed by atoms with Crippen LogP contribution in [0, 0.1) is 5.82 Å². The maximum absolute atomic E-state index is 13.4. The Labute approximate surface area is 203 Å². The third-order valence-corrected chi connectivity index (χ3v) is 6.26. The van der Waals surface area contributed by atoms with Gasteiger partial charge in [0.1, 0.15) is 30.3 Å². The summed E-state index contributed by atoms with van der Waals surface area (Å²) < 4.78 is 19.2. The van der Waals surface area contributed by atoms with E-state index in [4.69, 9.17) is 16.3 Å². The third-order valence-electron chi connectivity index (χ3n) is 5.97. The summed E-state index contributed by atoms with van der Waals surface area (Å²) in [5.41, 5.74) is 3.56. The highest BCUT2D eigenvalue weighted by atomic mass is 35.5. The molecule has 0 spiro atoms. The van der Waals surface area contributed by atoms with Crippen molar-refractivity contribution in [2.45, 2.75) is 6.61 Å². The molecule has 6 nitrogen and oxygen atoms in total. The van der Waals surface area contributed by atoms with Crippen molar-refractivity contribution in [1.82, 2.24) is 14.9 Å². The Hall–Kier alpha value is -3.42. The van der Waals surface area contributed by atoms with Crippen molar-refractivity contribution in [2.75, 3.05) is 43.4 Å². The van der Waals surface area contributed by atoms with Gasteiger partial charge in [0.05, 0.1) is 10.5 Å². The zero-order chi connectivity index (χ0) is 23.5. The molecule has 0 atom stereocenters. The van der Waals surface area contributed by atoms with Gasteiger partial charge >= 0.3 is 0 Å². The predicted molar refractivity (Wildman–Crippen MR) is 135 cm³/mol. The minimum atomic E-state index is -0.292. The first kappa shape index (κ1) is 22.4. The second-order valence-electron chi connectivity index (χ2n) is 8.40. The number of benzene rings is 3. The molecule has 0 aliphatic carbocycles. The molecule has 1 aliphatic heterocycles. The number of halogens is 2. The molecule has 0 unspecified atom stereocenters. The van der Waals surface area contributed by atoms with E-state index in [9.17, 15) is 4.39 Å². The highest BCUT2D eigenvalue weighted by Crippen LogP contribution is 2.32. The smallest absolute Gasteiger partial charge is 0.141 e. The van der Waals surface area contributed by atoms with Gasteiger partial charge in [-0.05, 0) is 61.1 Å². The number of aromatic nitrogens is 2. The molecule has 4 aromatic rings. The molecule has 8 heteroatoms. The molecule has 1 aliphatic rings. The van der Waals surface area contributed by atoms with E-state index in [0.29, 0.717) is 16.6 Å². The van der Waals surface area contributed by atoms with Gasteiger partial charge < -0.3 is 19.9 Å². The van der Waals surface area contributed by atoms with Crippen molar-refractivity contribution >= 4 is 39.7 Å². The summed E-state index contributed by atoms with van der Waals surface area (Å²) in [7, 11) is 2.15. The van der Waals surface area contributed by atoms with Crippen LogP contribution in [0.3, 0.4) is 0 Å². The number of hydrogen-bond acceptors (Lipinski definition) is 6. The lowest BCUT2D eigenvalue weighted by molar-refractivity contribution is 0.306. The number of ether oxygens (including phenoxy) is 1. The Morgan fingerprint density at radius 2 is 1.85 bits per heavy atom. The van der Waals surface area contributed by atoms with Gasteiger partial charge in [0.25, 0.3) is 0 Å². The van der Waals surface area contributed by atoms with Gasteiger partial charge in [-0.2, -0.15) is 0 Å². The van der Waals surface area contributed by atoms with E-state index in [-0.39, 0.29) is 12.4 Å². The number of nitrogens with zero attached hydrogens (tertiary/aromatic N) is 4. The fraction of sp³-hybridized carbons (Fsp3) is 0.231. The lowest BCUT2D eigenvalue weighted by Crippen LogP contribution is -2.44. The molecule has 0 radical (unpaired) electrons. The molecule has 174 valence electrons. The van der Waals surface area contributed by atoms with Crippen LogP contribution in [0.5, 0.6) is 5.75 Å². The largest absolute Gasteiger partial charge is 0.487 e. The van der Waals surface area contributed by atoms with E-state index in [2.05, 4.69) is 44.3 Å². The number of piperazine rings is 1. The van der Waals surface area contributed by atoms with Crippen LogP contribution in [0.1, 0.15) is 5.56 Å². The van der Waals surface area contributed by atoms with E-state index in [1.54, 1.807) is 24.5 Å². The van der Waals surface area contributed by atoms with Crippen LogP contribution >= 0.6 is 11.6 Å². The Morgan fingerprint density at radius 3 is 2.65 bits per heavy atom. The van der Waals surface area contributed by atoms with Gasteiger partial charge in [0.2, 0.25) is 0 Å². The maximum atomic E-state index is 13.4. The van der Waals surface area contributed by atoms with Crippen LogP contribution in [-0.2, 0) is 6.61 Å². The molecule has 0 saturated carbocycles. The topological polar surface area (TPSA) is 53.5 Å². The van der Waals surface area contributed by atoms with Crippen LogP contribution in [0.4, 0.5) is 21.6 Å². The number of likely N-dealkylation sites (N-methyl/N-ethyl adjacent to an activating group) is 1. The number of hydrogen-bond donors (Lipinski definition) is 1. The Morgan fingerprint density at radius 1 is 1.00 bits per heavy atom. The van der Waals surface area contributed by atoms with Gasteiger partial charge in [0, 0.05) is 42.9 Å². The molecule has 1 aromatic heterocycles. The molecule has 1 fully saturated rings. The van der Waals surface area contributed by atoms with Crippen molar-refractivity contribution in [3.05, 3.63) is 83.4 Å². The van der Waals surface area contributed by atoms with Crippen LogP contribution < -0.4 is 15.0 Å². The van der Waals surface area contributed by atoms with Crippen molar-refractivity contribution in [3.8, 4) is 5.75 Å². The van der Waals surface area contributed by atoms with E-state index in [0.717, 1.165) is 54.0 Å². The van der Waals surface area contributed by atoms with Crippen LogP contribution in [0.15, 0.2) is 67.0 Å².